The van der Waals surface area contributed by atoms with Crippen molar-refractivity contribution in [1.82, 2.24) is 10.1 Å². The van der Waals surface area contributed by atoms with Gasteiger partial charge in [-0.1, -0.05) is 5.16 Å². The van der Waals surface area contributed by atoms with Crippen molar-refractivity contribution in [3.05, 3.63) is 29.6 Å². The van der Waals surface area contributed by atoms with E-state index in [-0.39, 0.29) is 23.1 Å². The van der Waals surface area contributed by atoms with Gasteiger partial charge in [0, 0.05) is 24.1 Å². The van der Waals surface area contributed by atoms with Crippen LogP contribution in [0.25, 0.3) is 11.5 Å². The molecule has 0 aliphatic heterocycles. The van der Waals surface area contributed by atoms with E-state index >= 15 is 0 Å². The van der Waals surface area contributed by atoms with Gasteiger partial charge in [-0.2, -0.15) is 18.2 Å². The van der Waals surface area contributed by atoms with Gasteiger partial charge in [0.2, 0.25) is 5.91 Å². The molecular formula is C14H12F3N3O2. The van der Waals surface area contributed by atoms with E-state index in [1.54, 1.807) is 0 Å². The van der Waals surface area contributed by atoms with Crippen LogP contribution in [0.4, 0.5) is 18.9 Å². The number of nitrogens with zero attached hydrogens (tertiary/aromatic N) is 2. The number of benzene rings is 1. The molecule has 1 aliphatic carbocycles. The smallest absolute Gasteiger partial charge is 0.334 e. The summed E-state index contributed by atoms with van der Waals surface area (Å²) in [4.78, 5) is 15.2. The van der Waals surface area contributed by atoms with Crippen LogP contribution in [0.3, 0.4) is 0 Å². The van der Waals surface area contributed by atoms with Gasteiger partial charge in [0.05, 0.1) is 5.56 Å². The van der Waals surface area contributed by atoms with Crippen molar-refractivity contribution < 1.29 is 22.5 Å². The summed E-state index contributed by atoms with van der Waals surface area (Å²) in [7, 11) is 0. The lowest BCUT2D eigenvalue weighted by Crippen LogP contribution is -2.10. The number of amides is 1. The Morgan fingerprint density at radius 3 is 2.64 bits per heavy atom. The predicted molar refractivity (Wildman–Crippen MR) is 71.0 cm³/mol. The summed E-state index contributed by atoms with van der Waals surface area (Å²) >= 11 is 0. The Morgan fingerprint density at radius 2 is 2.05 bits per heavy atom. The standard InChI is InChI=1S/C14H12F3N3O2/c1-7(21)18-11-5-9(4-10(6-11)14(15,16)17)13-19-12(20-22-13)8-2-3-8/h4-6,8H,2-3H2,1H3,(H,18,21). The second-order valence-corrected chi connectivity index (χ2v) is 5.21. The molecule has 0 saturated heterocycles. The van der Waals surface area contributed by atoms with Crippen molar-refractivity contribution in [3.8, 4) is 11.5 Å². The van der Waals surface area contributed by atoms with E-state index in [9.17, 15) is 18.0 Å². The van der Waals surface area contributed by atoms with E-state index in [1.165, 1.54) is 13.0 Å². The highest BCUT2D eigenvalue weighted by molar-refractivity contribution is 5.89. The average molecular weight is 311 g/mol. The van der Waals surface area contributed by atoms with Crippen molar-refractivity contribution in [2.75, 3.05) is 5.32 Å². The van der Waals surface area contributed by atoms with Gasteiger partial charge in [-0.05, 0) is 31.0 Å². The maximum atomic E-state index is 13.0. The van der Waals surface area contributed by atoms with E-state index in [2.05, 4.69) is 15.5 Å². The molecule has 0 unspecified atom stereocenters. The number of anilines is 1. The molecule has 1 aromatic carbocycles. The second kappa shape index (κ2) is 5.11. The molecule has 2 aromatic rings. The molecule has 0 atom stereocenters. The molecule has 5 nitrogen and oxygen atoms in total. The third kappa shape index (κ3) is 3.10. The highest BCUT2D eigenvalue weighted by Crippen LogP contribution is 2.39. The number of halogens is 3. The molecule has 0 spiro atoms. The lowest BCUT2D eigenvalue weighted by Gasteiger charge is -2.11. The largest absolute Gasteiger partial charge is 0.416 e. The fourth-order valence-electron chi connectivity index (χ4n) is 2.05. The second-order valence-electron chi connectivity index (χ2n) is 5.21. The van der Waals surface area contributed by atoms with Crippen molar-refractivity contribution in [2.45, 2.75) is 31.9 Å². The molecular weight excluding hydrogens is 299 g/mol. The number of hydrogen-bond acceptors (Lipinski definition) is 4. The minimum Gasteiger partial charge on any atom is -0.334 e. The summed E-state index contributed by atoms with van der Waals surface area (Å²) in [6.07, 6.45) is -2.63. The molecule has 0 bridgehead atoms. The van der Waals surface area contributed by atoms with E-state index in [0.717, 1.165) is 25.0 Å². The average Bonchev–Trinajstić information content (AvgIpc) is 3.14. The molecule has 1 N–H and O–H groups in total. The summed E-state index contributed by atoms with van der Waals surface area (Å²) in [5, 5.41) is 6.12. The normalized spacial score (nSPS) is 14.9. The van der Waals surface area contributed by atoms with Crippen molar-refractivity contribution in [2.24, 2.45) is 0 Å². The number of alkyl halides is 3. The Bertz CT molecular complexity index is 720. The lowest BCUT2D eigenvalue weighted by molar-refractivity contribution is -0.137. The first kappa shape index (κ1) is 14.6. The van der Waals surface area contributed by atoms with Crippen molar-refractivity contribution in [1.29, 1.82) is 0 Å². The summed E-state index contributed by atoms with van der Waals surface area (Å²) < 4.78 is 43.9. The molecule has 116 valence electrons. The number of hydrogen-bond donors (Lipinski definition) is 1. The third-order valence-corrected chi connectivity index (χ3v) is 3.21. The van der Waals surface area contributed by atoms with Crippen LogP contribution < -0.4 is 5.32 Å². The number of carbonyl (C=O) groups is 1. The van der Waals surface area contributed by atoms with Gasteiger partial charge < -0.3 is 9.84 Å². The van der Waals surface area contributed by atoms with Crippen LogP contribution in [-0.2, 0) is 11.0 Å². The van der Waals surface area contributed by atoms with Gasteiger partial charge in [0.1, 0.15) is 0 Å². The molecule has 22 heavy (non-hydrogen) atoms. The highest BCUT2D eigenvalue weighted by Gasteiger charge is 2.33. The number of aromatic nitrogens is 2. The van der Waals surface area contributed by atoms with Crippen LogP contribution >= 0.6 is 0 Å². The first-order valence-electron chi connectivity index (χ1n) is 6.67. The molecule has 3 rings (SSSR count). The first-order chi connectivity index (χ1) is 10.3. The Labute approximate surface area is 123 Å². The Morgan fingerprint density at radius 1 is 1.32 bits per heavy atom. The van der Waals surface area contributed by atoms with Crippen LogP contribution in [0.1, 0.15) is 37.1 Å². The number of nitrogens with one attached hydrogen (secondary N) is 1. The Balaban J connectivity index is 2.02. The van der Waals surface area contributed by atoms with E-state index in [0.29, 0.717) is 5.82 Å². The first-order valence-corrected chi connectivity index (χ1v) is 6.67. The van der Waals surface area contributed by atoms with Crippen LogP contribution in [0.15, 0.2) is 22.7 Å². The van der Waals surface area contributed by atoms with E-state index in [1.807, 2.05) is 0 Å². The van der Waals surface area contributed by atoms with E-state index < -0.39 is 17.6 Å². The minimum absolute atomic E-state index is 0.0135. The SMILES string of the molecule is CC(=O)Nc1cc(-c2nc(C3CC3)no2)cc(C(F)(F)F)c1. The van der Waals surface area contributed by atoms with Crippen LogP contribution in [-0.4, -0.2) is 16.0 Å². The summed E-state index contributed by atoms with van der Waals surface area (Å²) in [5.41, 5.74) is -0.735. The molecule has 1 aromatic heterocycles. The van der Waals surface area contributed by atoms with Gasteiger partial charge >= 0.3 is 6.18 Å². The molecule has 1 aliphatic rings. The Hall–Kier alpha value is -2.38. The zero-order valence-electron chi connectivity index (χ0n) is 11.6. The Kier molecular flexibility index (Phi) is 3.38. The topological polar surface area (TPSA) is 68.0 Å². The zero-order valence-corrected chi connectivity index (χ0v) is 11.6. The van der Waals surface area contributed by atoms with Gasteiger partial charge in [0.15, 0.2) is 5.82 Å². The fraction of sp³-hybridized carbons (Fsp3) is 0.357. The summed E-state index contributed by atoms with van der Waals surface area (Å²) in [6.45, 7) is 1.22. The quantitative estimate of drug-likeness (QED) is 0.940. The molecule has 0 radical (unpaired) electrons. The van der Waals surface area contributed by atoms with Gasteiger partial charge in [-0.25, -0.2) is 0 Å². The highest BCUT2D eigenvalue weighted by atomic mass is 19.4. The minimum atomic E-state index is -4.54. The molecule has 1 amide bonds. The van der Waals surface area contributed by atoms with Gasteiger partial charge in [-0.15, -0.1) is 0 Å². The number of rotatable bonds is 3. The predicted octanol–water partition coefficient (Wildman–Crippen LogP) is 3.59. The van der Waals surface area contributed by atoms with Crippen molar-refractivity contribution in [3.63, 3.8) is 0 Å². The molecule has 1 fully saturated rings. The number of carbonyl (C=O) groups excluding carboxylic acids is 1. The van der Waals surface area contributed by atoms with Crippen LogP contribution in [0, 0.1) is 0 Å². The summed E-state index contributed by atoms with van der Waals surface area (Å²) in [6, 6.07) is 3.17. The monoisotopic (exact) mass is 311 g/mol. The maximum Gasteiger partial charge on any atom is 0.416 e. The fourth-order valence-corrected chi connectivity index (χ4v) is 2.05. The molecule has 1 saturated carbocycles. The van der Waals surface area contributed by atoms with Gasteiger partial charge in [0.25, 0.3) is 5.89 Å². The van der Waals surface area contributed by atoms with Gasteiger partial charge in [-0.3, -0.25) is 4.79 Å². The molecule has 8 heteroatoms. The van der Waals surface area contributed by atoms with Crippen LogP contribution in [0.5, 0.6) is 0 Å². The molecule has 1 heterocycles. The maximum absolute atomic E-state index is 13.0. The lowest BCUT2D eigenvalue weighted by atomic mass is 10.1. The summed E-state index contributed by atoms with van der Waals surface area (Å²) in [5.74, 6) is 0.292. The van der Waals surface area contributed by atoms with Crippen molar-refractivity contribution >= 4 is 11.6 Å². The van der Waals surface area contributed by atoms with Crippen LogP contribution in [0.2, 0.25) is 0 Å². The van der Waals surface area contributed by atoms with E-state index in [4.69, 9.17) is 4.52 Å². The zero-order chi connectivity index (χ0) is 15.9. The third-order valence-electron chi connectivity index (χ3n) is 3.21.